The Hall–Kier alpha value is -4.26. The van der Waals surface area contributed by atoms with Crippen LogP contribution in [0, 0.1) is 0 Å². The number of para-hydroxylation sites is 1. The Morgan fingerprint density at radius 3 is 2.61 bits per heavy atom. The number of amides is 2. The van der Waals surface area contributed by atoms with Gasteiger partial charge in [0.05, 0.1) is 25.9 Å². The van der Waals surface area contributed by atoms with Crippen molar-refractivity contribution >= 4 is 28.4 Å². The van der Waals surface area contributed by atoms with Gasteiger partial charge in [0.25, 0.3) is 5.91 Å². The molecular weight excluding hydrogens is 418 g/mol. The number of methoxy groups -OCH3 is 2. The van der Waals surface area contributed by atoms with E-state index in [1.807, 2.05) is 54.7 Å². The summed E-state index contributed by atoms with van der Waals surface area (Å²) in [5.74, 6) is 0.614. The molecule has 7 nitrogen and oxygen atoms in total. The molecule has 1 aromatic heterocycles. The summed E-state index contributed by atoms with van der Waals surface area (Å²) in [7, 11) is 3.09. The van der Waals surface area contributed by atoms with E-state index in [2.05, 4.69) is 10.3 Å². The predicted octanol–water partition coefficient (Wildman–Crippen LogP) is 4.37. The van der Waals surface area contributed by atoms with Crippen molar-refractivity contribution < 1.29 is 19.1 Å². The molecule has 3 aromatic carbocycles. The average molecular weight is 441 g/mol. The number of carbonyl (C=O) groups excluding carboxylic acids is 2. The topological polar surface area (TPSA) is 83.7 Å². The second kappa shape index (κ2) is 8.35. The van der Waals surface area contributed by atoms with E-state index < -0.39 is 0 Å². The first-order valence-electron chi connectivity index (χ1n) is 10.6. The van der Waals surface area contributed by atoms with Gasteiger partial charge in [-0.25, -0.2) is 0 Å². The SMILES string of the molecule is COc1ccc(NC(=O)CN2C(=O)c3ccccc3[C@@H]2c2c[nH]c3ccccc23)c(OC)c1. The quantitative estimate of drug-likeness (QED) is 0.465. The molecule has 7 heteroatoms. The molecule has 0 radical (unpaired) electrons. The van der Waals surface area contributed by atoms with E-state index in [9.17, 15) is 9.59 Å². The zero-order chi connectivity index (χ0) is 22.9. The van der Waals surface area contributed by atoms with Crippen molar-refractivity contribution in [3.63, 3.8) is 0 Å². The average Bonchev–Trinajstić information content (AvgIpc) is 3.38. The van der Waals surface area contributed by atoms with Crippen LogP contribution >= 0.6 is 0 Å². The maximum Gasteiger partial charge on any atom is 0.255 e. The molecule has 0 unspecified atom stereocenters. The molecule has 2 amide bonds. The number of nitrogens with zero attached hydrogens (tertiary/aromatic N) is 1. The molecule has 2 heterocycles. The molecule has 2 N–H and O–H groups in total. The first-order valence-corrected chi connectivity index (χ1v) is 10.6. The van der Waals surface area contributed by atoms with E-state index in [1.165, 1.54) is 7.11 Å². The summed E-state index contributed by atoms with van der Waals surface area (Å²) >= 11 is 0. The number of rotatable bonds is 6. The number of fused-ring (bicyclic) bond motifs is 2. The van der Waals surface area contributed by atoms with Crippen molar-refractivity contribution in [2.45, 2.75) is 6.04 Å². The van der Waals surface area contributed by atoms with Gasteiger partial charge in [-0.3, -0.25) is 9.59 Å². The summed E-state index contributed by atoms with van der Waals surface area (Å²) < 4.78 is 10.6. The molecule has 0 fully saturated rings. The van der Waals surface area contributed by atoms with Gasteiger partial charge in [-0.2, -0.15) is 0 Å². The molecule has 0 bridgehead atoms. The number of aromatic nitrogens is 1. The van der Waals surface area contributed by atoms with Gasteiger partial charge in [0, 0.05) is 34.3 Å². The lowest BCUT2D eigenvalue weighted by Gasteiger charge is -2.25. The number of anilines is 1. The lowest BCUT2D eigenvalue weighted by molar-refractivity contribution is -0.117. The number of hydrogen-bond acceptors (Lipinski definition) is 4. The van der Waals surface area contributed by atoms with E-state index >= 15 is 0 Å². The minimum absolute atomic E-state index is 0.104. The zero-order valence-electron chi connectivity index (χ0n) is 18.3. The molecule has 33 heavy (non-hydrogen) atoms. The minimum atomic E-state index is -0.367. The fraction of sp³-hybridized carbons (Fsp3) is 0.154. The summed E-state index contributed by atoms with van der Waals surface area (Å²) in [4.78, 5) is 31.3. The molecule has 1 aliphatic rings. The van der Waals surface area contributed by atoms with Crippen LogP contribution in [0.1, 0.15) is 27.5 Å². The summed E-state index contributed by atoms with van der Waals surface area (Å²) in [6.45, 7) is -0.104. The Bertz CT molecular complexity index is 1360. The second-order valence-electron chi connectivity index (χ2n) is 7.83. The third-order valence-corrected chi connectivity index (χ3v) is 5.97. The van der Waals surface area contributed by atoms with Crippen LogP contribution in [0.3, 0.4) is 0 Å². The summed E-state index contributed by atoms with van der Waals surface area (Å²) in [5, 5.41) is 3.89. The first-order chi connectivity index (χ1) is 16.1. The number of carbonyl (C=O) groups is 2. The second-order valence-corrected chi connectivity index (χ2v) is 7.83. The van der Waals surface area contributed by atoms with Crippen molar-refractivity contribution in [2.75, 3.05) is 26.1 Å². The molecule has 0 saturated heterocycles. The van der Waals surface area contributed by atoms with Crippen LogP contribution in [0.2, 0.25) is 0 Å². The number of aromatic amines is 1. The van der Waals surface area contributed by atoms with Gasteiger partial charge in [-0.1, -0.05) is 36.4 Å². The standard InChI is InChI=1S/C26H23N3O4/c1-32-16-11-12-22(23(13-16)33-2)28-24(30)15-29-25(18-8-3-4-9-19(18)26(29)31)20-14-27-21-10-6-5-7-17(20)21/h3-14,25,27H,15H2,1-2H3,(H,28,30)/t25-/m1/s1. The lowest BCUT2D eigenvalue weighted by Crippen LogP contribution is -2.36. The van der Waals surface area contributed by atoms with Gasteiger partial charge < -0.3 is 24.7 Å². The van der Waals surface area contributed by atoms with Crippen LogP contribution in [0.5, 0.6) is 11.5 Å². The minimum Gasteiger partial charge on any atom is -0.497 e. The maximum absolute atomic E-state index is 13.3. The Balaban J connectivity index is 1.48. The third kappa shape index (κ3) is 3.57. The number of hydrogen-bond donors (Lipinski definition) is 2. The van der Waals surface area contributed by atoms with Crippen LogP contribution in [0.15, 0.2) is 72.9 Å². The van der Waals surface area contributed by atoms with Gasteiger partial charge in [-0.15, -0.1) is 0 Å². The Morgan fingerprint density at radius 1 is 1.00 bits per heavy atom. The molecule has 0 aliphatic carbocycles. The molecule has 4 aromatic rings. The van der Waals surface area contributed by atoms with Crippen LogP contribution in [-0.2, 0) is 4.79 Å². The number of benzene rings is 3. The summed E-state index contributed by atoms with van der Waals surface area (Å²) in [6, 6.07) is 20.2. The summed E-state index contributed by atoms with van der Waals surface area (Å²) in [5.41, 5.74) is 3.95. The highest BCUT2D eigenvalue weighted by Gasteiger charge is 2.39. The predicted molar refractivity (Wildman–Crippen MR) is 126 cm³/mol. The molecule has 0 saturated carbocycles. The highest BCUT2D eigenvalue weighted by Crippen LogP contribution is 2.41. The van der Waals surface area contributed by atoms with Crippen LogP contribution in [0.25, 0.3) is 10.9 Å². The van der Waals surface area contributed by atoms with Crippen molar-refractivity contribution in [1.82, 2.24) is 9.88 Å². The maximum atomic E-state index is 13.3. The molecular formula is C26H23N3O4. The van der Waals surface area contributed by atoms with Crippen molar-refractivity contribution in [1.29, 1.82) is 0 Å². The molecule has 0 spiro atoms. The molecule has 5 rings (SSSR count). The fourth-order valence-electron chi connectivity index (χ4n) is 4.44. The highest BCUT2D eigenvalue weighted by molar-refractivity contribution is 6.04. The first kappa shape index (κ1) is 20.6. The largest absolute Gasteiger partial charge is 0.497 e. The van der Waals surface area contributed by atoms with Gasteiger partial charge in [0.15, 0.2) is 0 Å². The lowest BCUT2D eigenvalue weighted by atomic mass is 9.97. The number of H-pyrrole nitrogens is 1. The van der Waals surface area contributed by atoms with Crippen molar-refractivity contribution in [3.05, 3.63) is 89.6 Å². The van der Waals surface area contributed by atoms with Crippen LogP contribution in [0.4, 0.5) is 5.69 Å². The van der Waals surface area contributed by atoms with Gasteiger partial charge in [-0.05, 0) is 29.8 Å². The molecule has 1 aliphatic heterocycles. The number of nitrogens with one attached hydrogen (secondary N) is 2. The van der Waals surface area contributed by atoms with E-state index in [0.29, 0.717) is 22.7 Å². The van der Waals surface area contributed by atoms with E-state index in [0.717, 1.165) is 22.0 Å². The van der Waals surface area contributed by atoms with E-state index in [-0.39, 0.29) is 24.4 Å². The monoisotopic (exact) mass is 441 g/mol. The fourth-order valence-corrected chi connectivity index (χ4v) is 4.44. The van der Waals surface area contributed by atoms with Crippen LogP contribution in [-0.4, -0.2) is 42.5 Å². The summed E-state index contributed by atoms with van der Waals surface area (Å²) in [6.07, 6.45) is 1.92. The molecule has 166 valence electrons. The Labute approximate surface area is 190 Å². The Morgan fingerprint density at radius 2 is 1.79 bits per heavy atom. The van der Waals surface area contributed by atoms with Gasteiger partial charge in [0.2, 0.25) is 5.91 Å². The zero-order valence-corrected chi connectivity index (χ0v) is 18.3. The smallest absolute Gasteiger partial charge is 0.255 e. The van der Waals surface area contributed by atoms with E-state index in [4.69, 9.17) is 9.47 Å². The Kier molecular flexibility index (Phi) is 5.22. The van der Waals surface area contributed by atoms with Gasteiger partial charge in [0.1, 0.15) is 18.0 Å². The van der Waals surface area contributed by atoms with Crippen molar-refractivity contribution in [3.8, 4) is 11.5 Å². The molecule has 1 atom stereocenters. The van der Waals surface area contributed by atoms with Crippen LogP contribution < -0.4 is 14.8 Å². The number of ether oxygens (including phenoxy) is 2. The van der Waals surface area contributed by atoms with Gasteiger partial charge >= 0.3 is 0 Å². The van der Waals surface area contributed by atoms with Crippen molar-refractivity contribution in [2.24, 2.45) is 0 Å². The van der Waals surface area contributed by atoms with E-state index in [1.54, 1.807) is 30.2 Å². The highest BCUT2D eigenvalue weighted by atomic mass is 16.5. The normalized spacial score (nSPS) is 14.9. The third-order valence-electron chi connectivity index (χ3n) is 5.97.